The zero-order valence-corrected chi connectivity index (χ0v) is 10.7. The second-order valence-electron chi connectivity index (χ2n) is 5.40. The third-order valence-corrected chi connectivity index (χ3v) is 3.87. The number of benzene rings is 1. The van der Waals surface area contributed by atoms with Gasteiger partial charge in [0.15, 0.2) is 0 Å². The molecule has 0 heterocycles. The van der Waals surface area contributed by atoms with Crippen LogP contribution < -0.4 is 5.32 Å². The average Bonchev–Trinajstić information content (AvgIpc) is 2.33. The molecule has 1 aliphatic rings. The Kier molecular flexibility index (Phi) is 4.16. The maximum absolute atomic E-state index is 12.8. The Morgan fingerprint density at radius 1 is 1.12 bits per heavy atom. The molecule has 1 unspecified atom stereocenters. The van der Waals surface area contributed by atoms with Crippen LogP contribution in [0.5, 0.6) is 0 Å². The molecule has 2 heteroatoms. The summed E-state index contributed by atoms with van der Waals surface area (Å²) in [6.45, 7) is 4.49. The largest absolute Gasteiger partial charge is 0.307 e. The summed E-state index contributed by atoms with van der Waals surface area (Å²) in [5.74, 6) is 0.724. The van der Waals surface area contributed by atoms with Crippen LogP contribution in [0.15, 0.2) is 24.3 Å². The van der Waals surface area contributed by atoms with Crippen molar-refractivity contribution in [1.82, 2.24) is 5.32 Å². The van der Waals surface area contributed by atoms with Crippen LogP contribution in [0.4, 0.5) is 4.39 Å². The molecular formula is C15H22FN. The van der Waals surface area contributed by atoms with Crippen LogP contribution in [0.1, 0.15) is 51.1 Å². The Hall–Kier alpha value is -0.890. The number of nitrogens with one attached hydrogen (secondary N) is 1. The zero-order chi connectivity index (χ0) is 12.3. The highest BCUT2D eigenvalue weighted by Gasteiger charge is 2.19. The maximum atomic E-state index is 12.8. The molecule has 0 saturated heterocycles. The molecule has 0 aromatic heterocycles. The fourth-order valence-corrected chi connectivity index (χ4v) is 2.63. The smallest absolute Gasteiger partial charge is 0.123 e. The van der Waals surface area contributed by atoms with E-state index in [4.69, 9.17) is 0 Å². The molecule has 0 amide bonds. The first-order valence-electron chi connectivity index (χ1n) is 6.66. The summed E-state index contributed by atoms with van der Waals surface area (Å²) in [7, 11) is 0. The Bertz CT molecular complexity index is 338. The number of rotatable bonds is 3. The van der Waals surface area contributed by atoms with E-state index in [1.54, 1.807) is 0 Å². The van der Waals surface area contributed by atoms with E-state index in [0.29, 0.717) is 12.1 Å². The topological polar surface area (TPSA) is 12.0 Å². The lowest BCUT2D eigenvalue weighted by Gasteiger charge is -2.29. The predicted octanol–water partition coefficient (Wildman–Crippen LogP) is 4.06. The number of halogens is 1. The molecule has 1 aliphatic carbocycles. The molecule has 0 radical (unpaired) electrons. The predicted molar refractivity (Wildman–Crippen MR) is 69.4 cm³/mol. The van der Waals surface area contributed by atoms with Gasteiger partial charge in [-0.2, -0.15) is 0 Å². The van der Waals surface area contributed by atoms with Crippen LogP contribution in [-0.4, -0.2) is 6.04 Å². The van der Waals surface area contributed by atoms with Gasteiger partial charge in [-0.25, -0.2) is 4.39 Å². The van der Waals surface area contributed by atoms with E-state index >= 15 is 0 Å². The van der Waals surface area contributed by atoms with Crippen LogP contribution in [0, 0.1) is 11.7 Å². The van der Waals surface area contributed by atoms with Gasteiger partial charge in [0.2, 0.25) is 0 Å². The molecule has 0 spiro atoms. The molecule has 17 heavy (non-hydrogen) atoms. The highest BCUT2D eigenvalue weighted by atomic mass is 19.1. The first-order chi connectivity index (χ1) is 8.15. The SMILES string of the molecule is CC1CCC(NC(C)c2ccc(F)cc2)CC1. The van der Waals surface area contributed by atoms with E-state index < -0.39 is 0 Å². The van der Waals surface area contributed by atoms with Gasteiger partial charge in [-0.15, -0.1) is 0 Å². The molecule has 2 rings (SSSR count). The number of hydrogen-bond acceptors (Lipinski definition) is 1. The van der Waals surface area contributed by atoms with Crippen LogP contribution in [0.25, 0.3) is 0 Å². The minimum atomic E-state index is -0.160. The van der Waals surface area contributed by atoms with Crippen LogP contribution in [0.3, 0.4) is 0 Å². The standard InChI is InChI=1S/C15H22FN/c1-11-3-9-15(10-4-11)17-12(2)13-5-7-14(16)8-6-13/h5-8,11-12,15,17H,3-4,9-10H2,1-2H3. The van der Waals surface area contributed by atoms with Crippen LogP contribution >= 0.6 is 0 Å². The van der Waals surface area contributed by atoms with E-state index in [0.717, 1.165) is 5.92 Å². The Morgan fingerprint density at radius 3 is 2.29 bits per heavy atom. The molecule has 1 aromatic carbocycles. The van der Waals surface area contributed by atoms with E-state index in [2.05, 4.69) is 19.2 Å². The molecule has 94 valence electrons. The Balaban J connectivity index is 1.88. The second-order valence-corrected chi connectivity index (χ2v) is 5.40. The molecule has 1 nitrogen and oxygen atoms in total. The fraction of sp³-hybridized carbons (Fsp3) is 0.600. The van der Waals surface area contributed by atoms with Crippen molar-refractivity contribution >= 4 is 0 Å². The van der Waals surface area contributed by atoms with Crippen molar-refractivity contribution in [3.63, 3.8) is 0 Å². The zero-order valence-electron chi connectivity index (χ0n) is 10.7. The summed E-state index contributed by atoms with van der Waals surface area (Å²) in [5.41, 5.74) is 1.17. The molecule has 0 aliphatic heterocycles. The van der Waals surface area contributed by atoms with Gasteiger partial charge in [0.1, 0.15) is 5.82 Å². The van der Waals surface area contributed by atoms with Crippen LogP contribution in [0.2, 0.25) is 0 Å². The third kappa shape index (κ3) is 3.53. The highest BCUT2D eigenvalue weighted by molar-refractivity contribution is 5.19. The highest BCUT2D eigenvalue weighted by Crippen LogP contribution is 2.25. The normalized spacial score (nSPS) is 26.8. The van der Waals surface area contributed by atoms with E-state index in [1.807, 2.05) is 12.1 Å². The van der Waals surface area contributed by atoms with Gasteiger partial charge >= 0.3 is 0 Å². The van der Waals surface area contributed by atoms with Gasteiger partial charge in [-0.1, -0.05) is 19.1 Å². The summed E-state index contributed by atoms with van der Waals surface area (Å²) in [6.07, 6.45) is 5.20. The molecule has 1 aromatic rings. The van der Waals surface area contributed by atoms with E-state index in [9.17, 15) is 4.39 Å². The van der Waals surface area contributed by atoms with Gasteiger partial charge < -0.3 is 5.32 Å². The number of hydrogen-bond donors (Lipinski definition) is 1. The van der Waals surface area contributed by atoms with Crippen molar-refractivity contribution in [2.24, 2.45) is 5.92 Å². The Morgan fingerprint density at radius 2 is 1.71 bits per heavy atom. The molecule has 1 saturated carbocycles. The van der Waals surface area contributed by atoms with Crippen molar-refractivity contribution in [3.05, 3.63) is 35.6 Å². The van der Waals surface area contributed by atoms with Crippen molar-refractivity contribution in [1.29, 1.82) is 0 Å². The Labute approximate surface area is 103 Å². The van der Waals surface area contributed by atoms with E-state index in [1.165, 1.54) is 43.4 Å². The fourth-order valence-electron chi connectivity index (χ4n) is 2.63. The third-order valence-electron chi connectivity index (χ3n) is 3.87. The molecule has 1 N–H and O–H groups in total. The summed E-state index contributed by atoms with van der Waals surface area (Å²) in [5, 5.41) is 3.65. The lowest BCUT2D eigenvalue weighted by molar-refractivity contribution is 0.291. The summed E-state index contributed by atoms with van der Waals surface area (Å²) in [4.78, 5) is 0. The van der Waals surface area contributed by atoms with Crippen molar-refractivity contribution in [3.8, 4) is 0 Å². The van der Waals surface area contributed by atoms with Gasteiger partial charge in [-0.3, -0.25) is 0 Å². The van der Waals surface area contributed by atoms with E-state index in [-0.39, 0.29) is 5.82 Å². The van der Waals surface area contributed by atoms with Gasteiger partial charge in [0, 0.05) is 12.1 Å². The lowest BCUT2D eigenvalue weighted by Crippen LogP contribution is -2.34. The minimum Gasteiger partial charge on any atom is -0.307 e. The monoisotopic (exact) mass is 235 g/mol. The first-order valence-corrected chi connectivity index (χ1v) is 6.66. The molecule has 1 atom stereocenters. The van der Waals surface area contributed by atoms with Gasteiger partial charge in [-0.05, 0) is 56.2 Å². The summed E-state index contributed by atoms with van der Waals surface area (Å²) in [6, 6.07) is 7.77. The van der Waals surface area contributed by atoms with Crippen molar-refractivity contribution < 1.29 is 4.39 Å². The average molecular weight is 235 g/mol. The summed E-state index contributed by atoms with van der Waals surface area (Å²) < 4.78 is 12.8. The van der Waals surface area contributed by atoms with Crippen molar-refractivity contribution in [2.75, 3.05) is 0 Å². The summed E-state index contributed by atoms with van der Waals surface area (Å²) >= 11 is 0. The minimum absolute atomic E-state index is 0.160. The maximum Gasteiger partial charge on any atom is 0.123 e. The first kappa shape index (κ1) is 12.6. The van der Waals surface area contributed by atoms with Crippen LogP contribution in [-0.2, 0) is 0 Å². The van der Waals surface area contributed by atoms with Gasteiger partial charge in [0.25, 0.3) is 0 Å². The molecule has 1 fully saturated rings. The lowest BCUT2D eigenvalue weighted by atomic mass is 9.87. The van der Waals surface area contributed by atoms with Gasteiger partial charge in [0.05, 0.1) is 0 Å². The molecular weight excluding hydrogens is 213 g/mol. The molecule has 0 bridgehead atoms. The van der Waals surface area contributed by atoms with Crippen molar-refractivity contribution in [2.45, 2.75) is 51.6 Å². The second kappa shape index (κ2) is 5.63. The quantitative estimate of drug-likeness (QED) is 0.833.